The molecule has 0 bridgehead atoms. The smallest absolute Gasteiger partial charge is 0.329 e. The molecular formula is C24H27Cl2IN4O6. The van der Waals surface area contributed by atoms with Gasteiger partial charge in [-0.1, -0.05) is 23.2 Å². The SMILES string of the molecule is COc1cc(/C=N\NC(=O)C(=O)NCCCOC(C)C)cc(I)c1OCC(=O)Nc1cc(Cl)cc(Cl)c1. The minimum atomic E-state index is -0.894. The summed E-state index contributed by atoms with van der Waals surface area (Å²) >= 11 is 13.9. The van der Waals surface area contributed by atoms with Crippen LogP contribution in [0.3, 0.4) is 0 Å². The molecule has 0 aromatic heterocycles. The van der Waals surface area contributed by atoms with Gasteiger partial charge in [-0.05, 0) is 78.8 Å². The van der Waals surface area contributed by atoms with E-state index in [0.717, 1.165) is 0 Å². The maximum Gasteiger partial charge on any atom is 0.329 e. The lowest BCUT2D eigenvalue weighted by molar-refractivity contribution is -0.139. The molecule has 0 heterocycles. The maximum absolute atomic E-state index is 12.3. The second-order valence-electron chi connectivity index (χ2n) is 7.76. The molecule has 13 heteroatoms. The molecule has 3 N–H and O–H groups in total. The Balaban J connectivity index is 1.90. The molecule has 2 aromatic rings. The normalized spacial score (nSPS) is 10.9. The van der Waals surface area contributed by atoms with Gasteiger partial charge in [0, 0.05) is 28.9 Å². The highest BCUT2D eigenvalue weighted by molar-refractivity contribution is 14.1. The quantitative estimate of drug-likeness (QED) is 0.104. The van der Waals surface area contributed by atoms with E-state index >= 15 is 0 Å². The van der Waals surface area contributed by atoms with Crippen LogP contribution in [0.1, 0.15) is 25.8 Å². The highest BCUT2D eigenvalue weighted by Crippen LogP contribution is 2.33. The van der Waals surface area contributed by atoms with E-state index in [1.807, 2.05) is 36.4 Å². The van der Waals surface area contributed by atoms with Crippen molar-refractivity contribution in [3.05, 3.63) is 49.5 Å². The van der Waals surface area contributed by atoms with Crippen molar-refractivity contribution in [2.45, 2.75) is 26.4 Å². The van der Waals surface area contributed by atoms with E-state index in [1.165, 1.54) is 13.3 Å². The summed E-state index contributed by atoms with van der Waals surface area (Å²) in [7, 11) is 1.45. The number of carbonyl (C=O) groups is 3. The number of anilines is 1. The van der Waals surface area contributed by atoms with Crippen molar-refractivity contribution in [3.8, 4) is 11.5 Å². The standard InChI is InChI=1S/C24H27Cl2IN4O6/c1-14(2)36-6-4-5-28-23(33)24(34)31-29-12-15-7-19(27)22(20(8-15)35-3)37-13-21(32)30-18-10-16(25)9-17(26)11-18/h7-12,14H,4-6,13H2,1-3H3,(H,28,33)(H,30,32)(H,31,34)/b29-12-. The Bertz CT molecular complexity index is 1130. The van der Waals surface area contributed by atoms with Gasteiger partial charge in [0.05, 0.1) is 23.0 Å². The van der Waals surface area contributed by atoms with Crippen molar-refractivity contribution in [2.24, 2.45) is 5.10 Å². The number of hydrogen-bond acceptors (Lipinski definition) is 7. The summed E-state index contributed by atoms with van der Waals surface area (Å²) in [5, 5.41) is 9.75. The van der Waals surface area contributed by atoms with Gasteiger partial charge in [-0.3, -0.25) is 14.4 Å². The first kappa shape index (κ1) is 30.6. The number of carbonyl (C=O) groups excluding carboxylic acids is 3. The third kappa shape index (κ3) is 11.1. The zero-order valence-electron chi connectivity index (χ0n) is 20.4. The minimum Gasteiger partial charge on any atom is -0.493 e. The average Bonchev–Trinajstić information content (AvgIpc) is 2.81. The van der Waals surface area contributed by atoms with Crippen LogP contribution in [0.25, 0.3) is 0 Å². The zero-order chi connectivity index (χ0) is 27.4. The number of rotatable bonds is 12. The molecule has 0 aliphatic carbocycles. The predicted octanol–water partition coefficient (Wildman–Crippen LogP) is 4.01. The first-order valence-corrected chi connectivity index (χ1v) is 12.9. The molecule has 0 spiro atoms. The van der Waals surface area contributed by atoms with E-state index in [9.17, 15) is 14.4 Å². The summed E-state index contributed by atoms with van der Waals surface area (Å²) < 4.78 is 17.0. The molecule has 0 atom stereocenters. The van der Waals surface area contributed by atoms with Gasteiger partial charge in [0.2, 0.25) is 0 Å². The van der Waals surface area contributed by atoms with Gasteiger partial charge in [0.25, 0.3) is 5.91 Å². The van der Waals surface area contributed by atoms with Crippen LogP contribution in [0.2, 0.25) is 10.0 Å². The fraction of sp³-hybridized carbons (Fsp3) is 0.333. The Morgan fingerprint density at radius 2 is 1.78 bits per heavy atom. The second kappa shape index (κ2) is 15.6. The van der Waals surface area contributed by atoms with Crippen molar-refractivity contribution < 1.29 is 28.6 Å². The molecule has 10 nitrogen and oxygen atoms in total. The maximum atomic E-state index is 12.3. The number of nitrogens with one attached hydrogen (secondary N) is 3. The molecule has 0 aliphatic heterocycles. The second-order valence-corrected chi connectivity index (χ2v) is 9.79. The van der Waals surface area contributed by atoms with Crippen LogP contribution in [-0.4, -0.2) is 56.9 Å². The van der Waals surface area contributed by atoms with E-state index in [4.69, 9.17) is 37.4 Å². The lowest BCUT2D eigenvalue weighted by Gasteiger charge is -2.13. The first-order chi connectivity index (χ1) is 17.6. The lowest BCUT2D eigenvalue weighted by Crippen LogP contribution is -2.38. The van der Waals surface area contributed by atoms with Crippen LogP contribution < -0.4 is 25.5 Å². The van der Waals surface area contributed by atoms with Gasteiger partial charge in [0.15, 0.2) is 18.1 Å². The third-order valence-electron chi connectivity index (χ3n) is 4.39. The number of halogens is 3. The Morgan fingerprint density at radius 1 is 1.08 bits per heavy atom. The molecule has 2 aromatic carbocycles. The van der Waals surface area contributed by atoms with Gasteiger partial charge in [-0.15, -0.1) is 0 Å². The Labute approximate surface area is 238 Å². The molecule has 0 fully saturated rings. The summed E-state index contributed by atoms with van der Waals surface area (Å²) in [4.78, 5) is 36.0. The lowest BCUT2D eigenvalue weighted by atomic mass is 10.2. The Hall–Kier alpha value is -2.61. The number of hydrogen-bond donors (Lipinski definition) is 3. The molecule has 0 saturated carbocycles. The van der Waals surface area contributed by atoms with Gasteiger partial charge in [0.1, 0.15) is 0 Å². The Kier molecular flexibility index (Phi) is 12.9. The largest absolute Gasteiger partial charge is 0.493 e. The van der Waals surface area contributed by atoms with Crippen LogP contribution in [0.4, 0.5) is 5.69 Å². The molecule has 2 rings (SSSR count). The molecule has 0 aliphatic rings. The van der Waals surface area contributed by atoms with E-state index < -0.39 is 17.7 Å². The Morgan fingerprint density at radius 3 is 2.43 bits per heavy atom. The number of hydrazone groups is 1. The third-order valence-corrected chi connectivity index (χ3v) is 5.63. The van der Waals surface area contributed by atoms with Crippen molar-refractivity contribution >= 4 is 75.4 Å². The van der Waals surface area contributed by atoms with E-state index in [1.54, 1.807) is 30.3 Å². The molecule has 3 amide bonds. The van der Waals surface area contributed by atoms with Crippen LogP contribution >= 0.6 is 45.8 Å². The molecular weight excluding hydrogens is 638 g/mol. The minimum absolute atomic E-state index is 0.106. The van der Waals surface area contributed by atoms with Crippen LogP contribution in [0.5, 0.6) is 11.5 Å². The molecule has 0 saturated heterocycles. The number of methoxy groups -OCH3 is 1. The number of nitrogens with zero attached hydrogens (tertiary/aromatic N) is 1. The highest BCUT2D eigenvalue weighted by Gasteiger charge is 2.15. The summed E-state index contributed by atoms with van der Waals surface area (Å²) in [6, 6.07) is 8.00. The summed E-state index contributed by atoms with van der Waals surface area (Å²) in [6.45, 7) is 4.34. The summed E-state index contributed by atoms with van der Waals surface area (Å²) in [5.74, 6) is -1.41. The number of ether oxygens (including phenoxy) is 3. The monoisotopic (exact) mass is 664 g/mol. The van der Waals surface area contributed by atoms with Gasteiger partial charge < -0.3 is 24.8 Å². The molecule has 0 radical (unpaired) electrons. The van der Waals surface area contributed by atoms with Crippen LogP contribution in [0, 0.1) is 3.57 Å². The van der Waals surface area contributed by atoms with Crippen molar-refractivity contribution in [1.82, 2.24) is 10.7 Å². The molecule has 200 valence electrons. The highest BCUT2D eigenvalue weighted by atomic mass is 127. The summed E-state index contributed by atoms with van der Waals surface area (Å²) in [6.07, 6.45) is 2.05. The van der Waals surface area contributed by atoms with Crippen LogP contribution in [-0.2, 0) is 19.1 Å². The fourth-order valence-corrected chi connectivity index (χ4v) is 4.11. The van der Waals surface area contributed by atoms with Gasteiger partial charge in [-0.2, -0.15) is 5.10 Å². The van der Waals surface area contributed by atoms with Crippen molar-refractivity contribution in [1.29, 1.82) is 0 Å². The fourth-order valence-electron chi connectivity index (χ4n) is 2.80. The average molecular weight is 665 g/mol. The van der Waals surface area contributed by atoms with E-state index in [2.05, 4.69) is 21.2 Å². The van der Waals surface area contributed by atoms with Gasteiger partial charge in [-0.25, -0.2) is 5.43 Å². The molecule has 0 unspecified atom stereocenters. The summed E-state index contributed by atoms with van der Waals surface area (Å²) in [5.41, 5.74) is 3.18. The topological polar surface area (TPSA) is 127 Å². The van der Waals surface area contributed by atoms with Crippen LogP contribution in [0.15, 0.2) is 35.4 Å². The number of amides is 3. The number of benzene rings is 2. The van der Waals surface area contributed by atoms with Gasteiger partial charge >= 0.3 is 11.8 Å². The first-order valence-electron chi connectivity index (χ1n) is 11.1. The zero-order valence-corrected chi connectivity index (χ0v) is 24.1. The van der Waals surface area contributed by atoms with Crippen molar-refractivity contribution in [3.63, 3.8) is 0 Å². The predicted molar refractivity (Wildman–Crippen MR) is 151 cm³/mol. The van der Waals surface area contributed by atoms with E-state index in [-0.39, 0.29) is 12.7 Å². The van der Waals surface area contributed by atoms with E-state index in [0.29, 0.717) is 55.9 Å². The van der Waals surface area contributed by atoms with Crippen molar-refractivity contribution in [2.75, 3.05) is 32.2 Å². The molecule has 37 heavy (non-hydrogen) atoms.